The van der Waals surface area contributed by atoms with Gasteiger partial charge in [-0.05, 0) is 18.2 Å². The minimum atomic E-state index is -1.16. The van der Waals surface area contributed by atoms with Gasteiger partial charge in [0.25, 0.3) is 0 Å². The van der Waals surface area contributed by atoms with Crippen LogP contribution in [0, 0.1) is 5.92 Å². The van der Waals surface area contributed by atoms with Crippen molar-refractivity contribution in [2.45, 2.75) is 30.1 Å². The van der Waals surface area contributed by atoms with Gasteiger partial charge < -0.3 is 9.47 Å². The Morgan fingerprint density at radius 2 is 1.85 bits per heavy atom. The van der Waals surface area contributed by atoms with Crippen LogP contribution in [0.2, 0.25) is 0 Å². The topological polar surface area (TPSA) is 52.6 Å². The second kappa shape index (κ2) is 4.28. The number of fused-ring (bicyclic) bond motifs is 6. The van der Waals surface area contributed by atoms with Gasteiger partial charge in [-0.15, -0.1) is 13.2 Å². The van der Waals surface area contributed by atoms with Crippen molar-refractivity contribution in [1.82, 2.24) is 0 Å². The molecule has 3 aliphatic heterocycles. The molecular formula is C16H16O4. The van der Waals surface area contributed by atoms with Gasteiger partial charge in [0.05, 0.1) is 12.2 Å². The van der Waals surface area contributed by atoms with Crippen molar-refractivity contribution < 1.29 is 19.1 Å². The zero-order chi connectivity index (χ0) is 14.4. The summed E-state index contributed by atoms with van der Waals surface area (Å²) in [4.78, 5) is 25.2. The molecule has 0 radical (unpaired) electrons. The summed E-state index contributed by atoms with van der Waals surface area (Å²) < 4.78 is 11.6. The second-order valence-electron chi connectivity index (χ2n) is 5.31. The van der Waals surface area contributed by atoms with Crippen molar-refractivity contribution >= 4 is 11.6 Å². The molecule has 0 spiro atoms. The lowest BCUT2D eigenvalue weighted by molar-refractivity contribution is -0.219. The lowest BCUT2D eigenvalue weighted by Crippen LogP contribution is -2.70. The van der Waals surface area contributed by atoms with Crippen LogP contribution in [0.5, 0.6) is 0 Å². The number of carbonyl (C=O) groups excluding carboxylic acids is 2. The van der Waals surface area contributed by atoms with Gasteiger partial charge in [-0.25, -0.2) is 0 Å². The van der Waals surface area contributed by atoms with Crippen LogP contribution in [-0.4, -0.2) is 28.9 Å². The van der Waals surface area contributed by atoms with E-state index in [1.807, 2.05) is 0 Å². The third-order valence-electron chi connectivity index (χ3n) is 4.28. The standard InChI is InChI=1S/C16H16O4/c1-3-8-15-11-7-10-19-16(9-4-2,14(11)18)13(20-15)6-5-12(15)17/h3-7,10-11,13H,1-2,8-9H2/t11-,13-,15-,16-/m0/s1. The van der Waals surface area contributed by atoms with E-state index in [1.165, 1.54) is 12.3 Å². The summed E-state index contributed by atoms with van der Waals surface area (Å²) >= 11 is 0. The van der Waals surface area contributed by atoms with Gasteiger partial charge >= 0.3 is 0 Å². The van der Waals surface area contributed by atoms with E-state index in [4.69, 9.17) is 9.47 Å². The third-order valence-corrected chi connectivity index (χ3v) is 4.28. The van der Waals surface area contributed by atoms with E-state index in [0.717, 1.165) is 0 Å². The Morgan fingerprint density at radius 1 is 1.15 bits per heavy atom. The highest BCUT2D eigenvalue weighted by atomic mass is 16.6. The molecule has 3 heterocycles. The summed E-state index contributed by atoms with van der Waals surface area (Å²) in [5, 5.41) is 0. The van der Waals surface area contributed by atoms with Crippen LogP contribution in [0.3, 0.4) is 0 Å². The van der Waals surface area contributed by atoms with Crippen LogP contribution in [0.25, 0.3) is 0 Å². The molecule has 4 nitrogen and oxygen atoms in total. The quantitative estimate of drug-likeness (QED) is 0.733. The first kappa shape index (κ1) is 13.1. The maximum atomic E-state index is 12.8. The third kappa shape index (κ3) is 1.40. The van der Waals surface area contributed by atoms with E-state index < -0.39 is 23.2 Å². The molecule has 104 valence electrons. The average Bonchev–Trinajstić information content (AvgIpc) is 2.42. The van der Waals surface area contributed by atoms with Crippen LogP contribution in [0.4, 0.5) is 0 Å². The summed E-state index contributed by atoms with van der Waals surface area (Å²) in [6, 6.07) is 0. The van der Waals surface area contributed by atoms with Gasteiger partial charge in [0.1, 0.15) is 11.7 Å². The predicted octanol–water partition coefficient (Wildman–Crippen LogP) is 1.88. The fraction of sp³-hybridized carbons (Fsp3) is 0.375. The molecule has 3 aliphatic rings. The number of rotatable bonds is 4. The SMILES string of the molecule is C=CC[C@@]12OC=C[C@@H](C1=O)[C@]1(CC=C)O[C@H]2C=CC1=O. The van der Waals surface area contributed by atoms with Gasteiger partial charge in [-0.1, -0.05) is 12.2 Å². The van der Waals surface area contributed by atoms with Crippen molar-refractivity contribution in [3.8, 4) is 0 Å². The monoisotopic (exact) mass is 272 g/mol. The molecule has 0 aromatic rings. The van der Waals surface area contributed by atoms with Crippen molar-refractivity contribution in [3.63, 3.8) is 0 Å². The van der Waals surface area contributed by atoms with Crippen LogP contribution in [-0.2, 0) is 19.1 Å². The normalized spacial score (nSPS) is 41.2. The highest BCUT2D eigenvalue weighted by Gasteiger charge is 2.65. The average molecular weight is 272 g/mol. The van der Waals surface area contributed by atoms with E-state index in [9.17, 15) is 9.59 Å². The number of ether oxygens (including phenoxy) is 2. The van der Waals surface area contributed by atoms with Crippen LogP contribution in [0.15, 0.2) is 49.8 Å². The molecule has 3 rings (SSSR count). The number of hydrogen-bond donors (Lipinski definition) is 0. The van der Waals surface area contributed by atoms with Gasteiger partial charge in [-0.3, -0.25) is 9.59 Å². The van der Waals surface area contributed by atoms with Gasteiger partial charge in [-0.2, -0.15) is 0 Å². The summed E-state index contributed by atoms with van der Waals surface area (Å²) in [6.07, 6.45) is 9.56. The Balaban J connectivity index is 2.18. The molecule has 4 heteroatoms. The van der Waals surface area contributed by atoms with Crippen molar-refractivity contribution in [2.24, 2.45) is 5.92 Å². The van der Waals surface area contributed by atoms with E-state index in [0.29, 0.717) is 12.8 Å². The van der Waals surface area contributed by atoms with Crippen molar-refractivity contribution in [2.75, 3.05) is 0 Å². The molecular weight excluding hydrogens is 256 g/mol. The fourth-order valence-electron chi connectivity index (χ4n) is 3.31. The molecule has 1 fully saturated rings. The molecule has 4 atom stereocenters. The van der Waals surface area contributed by atoms with Crippen molar-refractivity contribution in [3.05, 3.63) is 49.8 Å². The second-order valence-corrected chi connectivity index (χ2v) is 5.31. The lowest BCUT2D eigenvalue weighted by atomic mass is 9.65. The maximum absolute atomic E-state index is 12.8. The molecule has 0 N–H and O–H groups in total. The van der Waals surface area contributed by atoms with Crippen LogP contribution < -0.4 is 0 Å². The number of Topliss-reactive ketones (excluding diaryl/α,β-unsaturated/α-hetero) is 1. The lowest BCUT2D eigenvalue weighted by Gasteiger charge is -2.54. The fourth-order valence-corrected chi connectivity index (χ4v) is 3.31. The Morgan fingerprint density at radius 3 is 2.55 bits per heavy atom. The molecule has 20 heavy (non-hydrogen) atoms. The molecule has 0 aliphatic carbocycles. The Kier molecular flexibility index (Phi) is 2.80. The zero-order valence-corrected chi connectivity index (χ0v) is 11.1. The largest absolute Gasteiger partial charge is 0.484 e. The van der Waals surface area contributed by atoms with E-state index in [2.05, 4.69) is 13.2 Å². The Hall–Kier alpha value is -1.94. The number of hydrogen-bond acceptors (Lipinski definition) is 4. The first-order chi connectivity index (χ1) is 9.60. The van der Waals surface area contributed by atoms with Crippen molar-refractivity contribution in [1.29, 1.82) is 0 Å². The Labute approximate surface area is 117 Å². The number of carbonyl (C=O) groups is 2. The molecule has 0 aromatic carbocycles. The molecule has 0 unspecified atom stereocenters. The minimum absolute atomic E-state index is 0.115. The van der Waals surface area contributed by atoms with E-state index >= 15 is 0 Å². The molecule has 4 bridgehead atoms. The molecule has 0 amide bonds. The smallest absolute Gasteiger partial charge is 0.199 e. The summed E-state index contributed by atoms with van der Waals surface area (Å²) in [6.45, 7) is 7.36. The molecule has 1 saturated heterocycles. The number of ketones is 2. The van der Waals surface area contributed by atoms with Gasteiger partial charge in [0.15, 0.2) is 17.2 Å². The predicted molar refractivity (Wildman–Crippen MR) is 72.8 cm³/mol. The first-order valence-electron chi connectivity index (χ1n) is 6.62. The van der Waals surface area contributed by atoms with Crippen LogP contribution in [0.1, 0.15) is 12.8 Å². The van der Waals surface area contributed by atoms with E-state index in [-0.39, 0.29) is 11.6 Å². The van der Waals surface area contributed by atoms with E-state index in [1.54, 1.807) is 24.3 Å². The zero-order valence-electron chi connectivity index (χ0n) is 11.1. The molecule has 0 saturated carbocycles. The maximum Gasteiger partial charge on any atom is 0.199 e. The minimum Gasteiger partial charge on any atom is -0.484 e. The van der Waals surface area contributed by atoms with Gasteiger partial charge in [0, 0.05) is 12.8 Å². The van der Waals surface area contributed by atoms with Crippen LogP contribution >= 0.6 is 0 Å². The highest BCUT2D eigenvalue weighted by Crippen LogP contribution is 2.48. The summed E-state index contributed by atoms with van der Waals surface area (Å²) in [7, 11) is 0. The van der Waals surface area contributed by atoms with Gasteiger partial charge in [0.2, 0.25) is 0 Å². The summed E-state index contributed by atoms with van der Waals surface area (Å²) in [5.41, 5.74) is -2.26. The highest BCUT2D eigenvalue weighted by molar-refractivity contribution is 6.07. The molecule has 0 aromatic heterocycles. The first-order valence-corrected chi connectivity index (χ1v) is 6.62. The Bertz CT molecular complexity index is 559. The summed E-state index contributed by atoms with van der Waals surface area (Å²) in [5.74, 6) is -0.940.